The second-order valence-corrected chi connectivity index (χ2v) is 3.11. The lowest BCUT2D eigenvalue weighted by Gasteiger charge is -1.95. The summed E-state index contributed by atoms with van der Waals surface area (Å²) in [6.07, 6.45) is 3.25. The summed E-state index contributed by atoms with van der Waals surface area (Å²) in [5.41, 5.74) is -0.0612. The Bertz CT molecular complexity index is 413. The number of nitrogens with zero attached hydrogens (tertiary/aromatic N) is 1. The summed E-state index contributed by atoms with van der Waals surface area (Å²) in [6.45, 7) is 0.0688. The molecule has 5 nitrogen and oxygen atoms in total. The lowest BCUT2D eigenvalue weighted by atomic mass is 10.2. The van der Waals surface area contributed by atoms with Crippen molar-refractivity contribution in [3.63, 3.8) is 0 Å². The van der Waals surface area contributed by atoms with Crippen LogP contribution in [0.2, 0.25) is 0 Å². The largest absolute Gasteiger partial charge is 0.449 e. The fourth-order valence-corrected chi connectivity index (χ4v) is 1.07. The van der Waals surface area contributed by atoms with Gasteiger partial charge in [0.2, 0.25) is 0 Å². The summed E-state index contributed by atoms with van der Waals surface area (Å²) in [7, 11) is 0. The molecule has 0 aliphatic heterocycles. The van der Waals surface area contributed by atoms with Crippen molar-refractivity contribution >= 4 is 28.8 Å². The van der Waals surface area contributed by atoms with Crippen molar-refractivity contribution in [2.45, 2.75) is 0 Å². The second kappa shape index (κ2) is 5.87. The maximum absolute atomic E-state index is 10.4. The minimum atomic E-state index is -0.867. The lowest BCUT2D eigenvalue weighted by Crippen LogP contribution is -1.92. The molecule has 1 aromatic carbocycles. The van der Waals surface area contributed by atoms with Gasteiger partial charge in [-0.2, -0.15) is 0 Å². The summed E-state index contributed by atoms with van der Waals surface area (Å²) in [6, 6.07) is 5.98. The molecule has 0 amide bonds. The molecule has 0 spiro atoms. The number of nitro groups is 1. The van der Waals surface area contributed by atoms with Crippen LogP contribution in [0.15, 0.2) is 30.3 Å². The van der Waals surface area contributed by atoms with Crippen molar-refractivity contribution in [3.05, 3.63) is 46.0 Å². The first-order valence-electron chi connectivity index (χ1n) is 4.33. The van der Waals surface area contributed by atoms with Crippen molar-refractivity contribution in [1.29, 1.82) is 0 Å². The Balaban J connectivity index is 2.55. The molecule has 0 bridgehead atoms. The number of carbonyl (C=O) groups is 1. The zero-order valence-electron chi connectivity index (χ0n) is 8.13. The van der Waals surface area contributed by atoms with Gasteiger partial charge in [0.25, 0.3) is 5.69 Å². The number of hydrogen-bond acceptors (Lipinski definition) is 4. The molecule has 0 unspecified atom stereocenters. The zero-order chi connectivity index (χ0) is 12.0. The molecule has 0 saturated carbocycles. The number of carbonyl (C=O) groups excluding carboxylic acids is 1. The minimum Gasteiger partial charge on any atom is -0.449 e. The van der Waals surface area contributed by atoms with Gasteiger partial charge in [-0.3, -0.25) is 10.1 Å². The van der Waals surface area contributed by atoms with E-state index in [-0.39, 0.29) is 12.3 Å². The van der Waals surface area contributed by atoms with Crippen molar-refractivity contribution in [1.82, 2.24) is 0 Å². The Morgan fingerprint density at radius 1 is 1.44 bits per heavy atom. The third-order valence-electron chi connectivity index (χ3n) is 1.71. The Hall–Kier alpha value is -1.88. The average molecular weight is 242 g/mol. The van der Waals surface area contributed by atoms with Crippen molar-refractivity contribution in [2.75, 3.05) is 6.61 Å². The van der Waals surface area contributed by atoms with E-state index in [9.17, 15) is 14.9 Å². The van der Waals surface area contributed by atoms with Crippen molar-refractivity contribution in [3.8, 4) is 0 Å². The van der Waals surface area contributed by atoms with Gasteiger partial charge < -0.3 is 4.74 Å². The Labute approximate surface area is 96.4 Å². The van der Waals surface area contributed by atoms with E-state index in [0.717, 1.165) is 5.56 Å². The van der Waals surface area contributed by atoms with E-state index in [1.54, 1.807) is 24.3 Å². The van der Waals surface area contributed by atoms with Gasteiger partial charge in [-0.25, -0.2) is 4.79 Å². The average Bonchev–Trinajstić information content (AvgIpc) is 2.25. The third-order valence-corrected chi connectivity index (χ3v) is 1.82. The molecule has 0 radical (unpaired) electrons. The first kappa shape index (κ1) is 12.2. The standard InChI is InChI=1S/C10H8ClNO4/c11-10(13)16-7-1-2-8-3-5-9(6-4-8)12(14)15/h1-6H,7H2/b2-1+. The van der Waals surface area contributed by atoms with Gasteiger partial charge in [-0.15, -0.1) is 0 Å². The number of benzene rings is 1. The molecule has 1 rings (SSSR count). The molecule has 6 heteroatoms. The first-order chi connectivity index (χ1) is 7.59. The van der Waals surface area contributed by atoms with E-state index in [2.05, 4.69) is 4.74 Å². The highest BCUT2D eigenvalue weighted by Gasteiger charge is 2.01. The summed E-state index contributed by atoms with van der Waals surface area (Å²) in [4.78, 5) is 20.1. The van der Waals surface area contributed by atoms with Crippen LogP contribution in [0.3, 0.4) is 0 Å². The van der Waals surface area contributed by atoms with E-state index >= 15 is 0 Å². The molecule has 0 aliphatic rings. The van der Waals surface area contributed by atoms with Crippen molar-refractivity contribution < 1.29 is 14.5 Å². The number of rotatable bonds is 4. The van der Waals surface area contributed by atoms with E-state index in [4.69, 9.17) is 11.6 Å². The van der Waals surface area contributed by atoms with Crippen LogP contribution in [0.1, 0.15) is 5.56 Å². The summed E-state index contributed by atoms with van der Waals surface area (Å²) in [5.74, 6) is 0. The first-order valence-corrected chi connectivity index (χ1v) is 4.70. The second-order valence-electron chi connectivity index (χ2n) is 2.80. The van der Waals surface area contributed by atoms with Crippen LogP contribution in [0.25, 0.3) is 6.08 Å². The summed E-state index contributed by atoms with van der Waals surface area (Å²) in [5, 5.41) is 10.4. The SMILES string of the molecule is O=C(Cl)OC/C=C/c1ccc([N+](=O)[O-])cc1. The molecule has 0 heterocycles. The highest BCUT2D eigenvalue weighted by Crippen LogP contribution is 2.12. The van der Waals surface area contributed by atoms with Crippen LogP contribution in [0.5, 0.6) is 0 Å². The fraction of sp³-hybridized carbons (Fsp3) is 0.100. The molecule has 84 valence electrons. The molecular weight excluding hydrogens is 234 g/mol. The van der Waals surface area contributed by atoms with Crippen LogP contribution in [-0.2, 0) is 4.74 Å². The monoisotopic (exact) mass is 241 g/mol. The van der Waals surface area contributed by atoms with Gasteiger partial charge in [0.1, 0.15) is 6.61 Å². The van der Waals surface area contributed by atoms with Crippen LogP contribution in [-0.4, -0.2) is 17.0 Å². The predicted molar refractivity (Wildman–Crippen MR) is 59.3 cm³/mol. The van der Waals surface area contributed by atoms with Crippen LogP contribution >= 0.6 is 11.6 Å². The van der Waals surface area contributed by atoms with E-state index in [1.807, 2.05) is 0 Å². The highest BCUT2D eigenvalue weighted by atomic mass is 35.5. The van der Waals surface area contributed by atoms with Gasteiger partial charge in [0, 0.05) is 23.7 Å². The molecule has 0 fully saturated rings. The molecular formula is C10H8ClNO4. The Morgan fingerprint density at radius 3 is 2.56 bits per heavy atom. The normalized spacial score (nSPS) is 10.3. The maximum atomic E-state index is 10.4. The van der Waals surface area contributed by atoms with Gasteiger partial charge in [-0.1, -0.05) is 6.08 Å². The summed E-state index contributed by atoms with van der Waals surface area (Å²) >= 11 is 4.95. The smallest absolute Gasteiger partial charge is 0.404 e. The molecule has 1 aromatic rings. The lowest BCUT2D eigenvalue weighted by molar-refractivity contribution is -0.384. The number of non-ortho nitro benzene ring substituents is 1. The van der Waals surface area contributed by atoms with Crippen LogP contribution in [0.4, 0.5) is 10.5 Å². The van der Waals surface area contributed by atoms with E-state index < -0.39 is 10.4 Å². The van der Waals surface area contributed by atoms with E-state index in [1.165, 1.54) is 12.1 Å². The topological polar surface area (TPSA) is 69.4 Å². The Kier molecular flexibility index (Phi) is 4.47. The van der Waals surface area contributed by atoms with Crippen LogP contribution in [0, 0.1) is 10.1 Å². The predicted octanol–water partition coefficient (Wildman–Crippen LogP) is 2.98. The fourth-order valence-electron chi connectivity index (χ4n) is 1.00. The number of ether oxygens (including phenoxy) is 1. The number of nitro benzene ring substituents is 1. The Morgan fingerprint density at radius 2 is 2.06 bits per heavy atom. The molecule has 0 aliphatic carbocycles. The number of halogens is 1. The molecule has 0 saturated heterocycles. The van der Waals surface area contributed by atoms with Gasteiger partial charge in [0.05, 0.1) is 4.92 Å². The zero-order valence-corrected chi connectivity index (χ0v) is 8.89. The molecule has 16 heavy (non-hydrogen) atoms. The van der Waals surface area contributed by atoms with Crippen LogP contribution < -0.4 is 0 Å². The van der Waals surface area contributed by atoms with Crippen molar-refractivity contribution in [2.24, 2.45) is 0 Å². The quantitative estimate of drug-likeness (QED) is 0.462. The molecule has 0 aromatic heterocycles. The maximum Gasteiger partial charge on any atom is 0.404 e. The van der Waals surface area contributed by atoms with Gasteiger partial charge in [0.15, 0.2) is 0 Å². The third kappa shape index (κ3) is 4.10. The van der Waals surface area contributed by atoms with Gasteiger partial charge in [-0.05, 0) is 23.8 Å². The minimum absolute atomic E-state index is 0.0318. The highest BCUT2D eigenvalue weighted by molar-refractivity contribution is 6.61. The molecule has 0 N–H and O–H groups in total. The summed E-state index contributed by atoms with van der Waals surface area (Å²) < 4.78 is 4.46. The van der Waals surface area contributed by atoms with E-state index in [0.29, 0.717) is 0 Å². The number of hydrogen-bond donors (Lipinski definition) is 0. The van der Waals surface area contributed by atoms with Gasteiger partial charge >= 0.3 is 5.43 Å². The molecule has 0 atom stereocenters.